The monoisotopic (exact) mass is 262 g/mol. The molecule has 0 fully saturated rings. The van der Waals surface area contributed by atoms with Gasteiger partial charge in [-0.2, -0.15) is 0 Å². The summed E-state index contributed by atoms with van der Waals surface area (Å²) in [5, 5.41) is 14.1. The third-order valence-electron chi connectivity index (χ3n) is 2.69. The number of nitrogens with zero attached hydrogens (tertiary/aromatic N) is 1. The van der Waals surface area contributed by atoms with Crippen LogP contribution in [0.25, 0.3) is 10.9 Å². The van der Waals surface area contributed by atoms with Crippen LogP contribution in [0.2, 0.25) is 0 Å². The number of carboxylic acid groups (broad SMARTS) is 1. The van der Waals surface area contributed by atoms with Crippen molar-refractivity contribution < 1.29 is 14.7 Å². The van der Waals surface area contributed by atoms with E-state index in [0.717, 1.165) is 16.6 Å². The van der Waals surface area contributed by atoms with Gasteiger partial charge < -0.3 is 20.7 Å². The molecule has 1 atom stereocenters. The van der Waals surface area contributed by atoms with Crippen molar-refractivity contribution in [1.82, 2.24) is 20.6 Å². The summed E-state index contributed by atoms with van der Waals surface area (Å²) in [6.07, 6.45) is 2.18. The Bertz CT molecular complexity index is 575. The number of rotatable bonds is 4. The average Bonchev–Trinajstić information content (AvgIpc) is 2.80. The van der Waals surface area contributed by atoms with Gasteiger partial charge in [0.1, 0.15) is 6.54 Å². The van der Waals surface area contributed by atoms with Crippen molar-refractivity contribution in [3.63, 3.8) is 0 Å². The lowest BCUT2D eigenvalue weighted by molar-refractivity contribution is -0.120. The van der Waals surface area contributed by atoms with E-state index in [0.29, 0.717) is 0 Å². The molecule has 100 valence electrons. The Kier molecular flexibility index (Phi) is 3.65. The molecule has 4 N–H and O–H groups in total. The molecule has 0 aliphatic rings. The van der Waals surface area contributed by atoms with Gasteiger partial charge in [-0.1, -0.05) is 0 Å². The van der Waals surface area contributed by atoms with Gasteiger partial charge >= 0.3 is 6.09 Å². The maximum absolute atomic E-state index is 11.5. The van der Waals surface area contributed by atoms with Gasteiger partial charge in [0.15, 0.2) is 0 Å². The van der Waals surface area contributed by atoms with Gasteiger partial charge in [-0.3, -0.25) is 9.78 Å². The third-order valence-corrected chi connectivity index (χ3v) is 2.69. The highest BCUT2D eigenvalue weighted by Crippen LogP contribution is 2.18. The number of aromatic nitrogens is 2. The fraction of sp³-hybridized carbons (Fsp3) is 0.250. The molecule has 0 spiro atoms. The molecular weight excluding hydrogens is 248 g/mol. The number of hydrogen-bond donors (Lipinski definition) is 4. The molecule has 0 bridgehead atoms. The summed E-state index contributed by atoms with van der Waals surface area (Å²) in [6.45, 7) is 1.55. The lowest BCUT2D eigenvalue weighted by Gasteiger charge is -2.12. The van der Waals surface area contributed by atoms with Gasteiger partial charge in [-0.05, 0) is 19.1 Å². The third kappa shape index (κ3) is 3.21. The van der Waals surface area contributed by atoms with Gasteiger partial charge in [0.2, 0.25) is 5.91 Å². The van der Waals surface area contributed by atoms with Crippen molar-refractivity contribution in [2.24, 2.45) is 0 Å². The van der Waals surface area contributed by atoms with Crippen LogP contribution in [0.1, 0.15) is 18.7 Å². The Labute approximate surface area is 109 Å². The van der Waals surface area contributed by atoms with Crippen molar-refractivity contribution in [1.29, 1.82) is 0 Å². The lowest BCUT2D eigenvalue weighted by atomic mass is 10.2. The van der Waals surface area contributed by atoms with Crippen LogP contribution in [-0.2, 0) is 4.79 Å². The lowest BCUT2D eigenvalue weighted by Crippen LogP contribution is -2.37. The van der Waals surface area contributed by atoms with E-state index in [9.17, 15) is 9.59 Å². The number of nitrogens with one attached hydrogen (secondary N) is 3. The summed E-state index contributed by atoms with van der Waals surface area (Å²) in [5.74, 6) is -0.383. The predicted molar refractivity (Wildman–Crippen MR) is 68.7 cm³/mol. The molecule has 7 heteroatoms. The molecule has 2 rings (SSSR count). The standard InChI is InChI=1S/C12H14N4O3/c1-7(15-11(17)6-14-12(18)19)9-4-8-2-3-13-5-10(8)16-9/h2-5,7,14,16H,6H2,1H3,(H,15,17)(H,18,19). The quantitative estimate of drug-likeness (QED) is 0.659. The van der Waals surface area contributed by atoms with Gasteiger partial charge in [0.25, 0.3) is 0 Å². The van der Waals surface area contributed by atoms with E-state index in [-0.39, 0.29) is 18.5 Å². The highest BCUT2D eigenvalue weighted by molar-refractivity contribution is 5.83. The summed E-state index contributed by atoms with van der Waals surface area (Å²) in [7, 11) is 0. The zero-order valence-corrected chi connectivity index (χ0v) is 10.3. The Morgan fingerprint density at radius 1 is 1.53 bits per heavy atom. The van der Waals surface area contributed by atoms with Crippen LogP contribution in [-0.4, -0.2) is 33.6 Å². The van der Waals surface area contributed by atoms with Crippen LogP contribution in [0.4, 0.5) is 4.79 Å². The van der Waals surface area contributed by atoms with E-state index >= 15 is 0 Å². The van der Waals surface area contributed by atoms with Crippen LogP contribution in [0.5, 0.6) is 0 Å². The zero-order chi connectivity index (χ0) is 13.8. The Morgan fingerprint density at radius 3 is 3.00 bits per heavy atom. The first-order valence-electron chi connectivity index (χ1n) is 5.75. The molecule has 0 aliphatic heterocycles. The molecule has 2 heterocycles. The van der Waals surface area contributed by atoms with Crippen molar-refractivity contribution in [2.75, 3.05) is 6.54 Å². The van der Waals surface area contributed by atoms with Crippen molar-refractivity contribution >= 4 is 22.9 Å². The molecule has 0 radical (unpaired) electrons. The predicted octanol–water partition coefficient (Wildman–Crippen LogP) is 1.01. The molecule has 0 aromatic carbocycles. The topological polar surface area (TPSA) is 107 Å². The van der Waals surface area contributed by atoms with Crippen molar-refractivity contribution in [3.8, 4) is 0 Å². The normalized spacial score (nSPS) is 12.1. The Balaban J connectivity index is 2.01. The largest absolute Gasteiger partial charge is 0.465 e. The summed E-state index contributed by atoms with van der Waals surface area (Å²) < 4.78 is 0. The zero-order valence-electron chi connectivity index (χ0n) is 10.3. The molecule has 2 aromatic heterocycles. The SMILES string of the molecule is CC(NC(=O)CNC(=O)O)c1cc2ccncc2[nH]1. The average molecular weight is 262 g/mol. The first-order chi connectivity index (χ1) is 9.06. The fourth-order valence-electron chi connectivity index (χ4n) is 1.75. The smallest absolute Gasteiger partial charge is 0.405 e. The molecule has 7 nitrogen and oxygen atoms in total. The number of amides is 2. The van der Waals surface area contributed by atoms with Crippen molar-refractivity contribution in [2.45, 2.75) is 13.0 Å². The van der Waals surface area contributed by atoms with Crippen molar-refractivity contribution in [3.05, 3.63) is 30.2 Å². The summed E-state index contributed by atoms with van der Waals surface area (Å²) in [6, 6.07) is 3.55. The van der Waals surface area contributed by atoms with Crippen LogP contribution in [0.3, 0.4) is 0 Å². The number of fused-ring (bicyclic) bond motifs is 1. The van der Waals surface area contributed by atoms with E-state index in [1.54, 1.807) is 12.4 Å². The second-order valence-corrected chi connectivity index (χ2v) is 4.14. The minimum absolute atomic E-state index is 0.240. The summed E-state index contributed by atoms with van der Waals surface area (Å²) in [5.41, 5.74) is 1.73. The van der Waals surface area contributed by atoms with Crippen LogP contribution in [0, 0.1) is 0 Å². The molecule has 0 saturated heterocycles. The van der Waals surface area contributed by atoms with E-state index in [2.05, 4.69) is 15.3 Å². The Hall–Kier alpha value is -2.57. The van der Waals surface area contributed by atoms with Crippen LogP contribution in [0.15, 0.2) is 24.5 Å². The van der Waals surface area contributed by atoms with Crippen LogP contribution < -0.4 is 10.6 Å². The van der Waals surface area contributed by atoms with E-state index in [1.165, 1.54) is 0 Å². The van der Waals surface area contributed by atoms with Crippen LogP contribution >= 0.6 is 0 Å². The first kappa shape index (κ1) is 12.9. The number of carbonyl (C=O) groups is 2. The number of carbonyl (C=O) groups excluding carboxylic acids is 1. The molecule has 1 unspecified atom stereocenters. The first-order valence-corrected chi connectivity index (χ1v) is 5.75. The van der Waals surface area contributed by atoms with Gasteiger partial charge in [-0.25, -0.2) is 4.79 Å². The van der Waals surface area contributed by atoms with Gasteiger partial charge in [-0.15, -0.1) is 0 Å². The molecule has 0 saturated carbocycles. The highest BCUT2D eigenvalue weighted by atomic mass is 16.4. The van der Waals surface area contributed by atoms with E-state index < -0.39 is 6.09 Å². The van der Waals surface area contributed by atoms with Gasteiger partial charge in [0, 0.05) is 17.3 Å². The summed E-state index contributed by atoms with van der Waals surface area (Å²) >= 11 is 0. The molecule has 2 amide bonds. The minimum atomic E-state index is -1.22. The van der Waals surface area contributed by atoms with E-state index in [4.69, 9.17) is 5.11 Å². The number of hydrogen-bond acceptors (Lipinski definition) is 3. The number of aromatic amines is 1. The minimum Gasteiger partial charge on any atom is -0.465 e. The maximum Gasteiger partial charge on any atom is 0.405 e. The summed E-state index contributed by atoms with van der Waals surface area (Å²) in [4.78, 5) is 28.9. The molecule has 2 aromatic rings. The molecule has 19 heavy (non-hydrogen) atoms. The molecular formula is C12H14N4O3. The fourth-order valence-corrected chi connectivity index (χ4v) is 1.75. The van der Waals surface area contributed by atoms with Gasteiger partial charge in [0.05, 0.1) is 17.8 Å². The molecule has 0 aliphatic carbocycles. The number of H-pyrrole nitrogens is 1. The second-order valence-electron chi connectivity index (χ2n) is 4.14. The highest BCUT2D eigenvalue weighted by Gasteiger charge is 2.12. The number of pyridine rings is 1. The Morgan fingerprint density at radius 2 is 2.32 bits per heavy atom. The second kappa shape index (κ2) is 5.38. The maximum atomic E-state index is 11.5. The van der Waals surface area contributed by atoms with E-state index in [1.807, 2.05) is 24.4 Å².